The Bertz CT molecular complexity index is 221. The van der Waals surface area contributed by atoms with E-state index in [1.807, 2.05) is 0 Å². The second-order valence-corrected chi connectivity index (χ2v) is 3.27. The van der Waals surface area contributed by atoms with Gasteiger partial charge < -0.3 is 14.8 Å². The van der Waals surface area contributed by atoms with Gasteiger partial charge in [0.1, 0.15) is 0 Å². The van der Waals surface area contributed by atoms with Crippen molar-refractivity contribution in [2.75, 3.05) is 20.8 Å². The first kappa shape index (κ1) is 11.2. The maximum absolute atomic E-state index is 11.1. The van der Waals surface area contributed by atoms with E-state index < -0.39 is 0 Å². The molecule has 0 fully saturated rings. The molecule has 1 rings (SSSR count). The molecular formula is C10H17NO3. The summed E-state index contributed by atoms with van der Waals surface area (Å²) in [6, 6.07) is 0. The number of allylic oxidation sites excluding steroid dienone is 2. The molecule has 0 amide bonds. The highest BCUT2D eigenvalue weighted by molar-refractivity contribution is 5.90. The Morgan fingerprint density at radius 3 is 2.71 bits per heavy atom. The molecule has 0 radical (unpaired) electrons. The van der Waals surface area contributed by atoms with Crippen molar-refractivity contribution >= 4 is 5.78 Å². The van der Waals surface area contributed by atoms with Crippen molar-refractivity contribution in [3.8, 4) is 0 Å². The fourth-order valence-corrected chi connectivity index (χ4v) is 1.41. The van der Waals surface area contributed by atoms with Gasteiger partial charge in [0.25, 0.3) is 0 Å². The van der Waals surface area contributed by atoms with Gasteiger partial charge >= 0.3 is 0 Å². The summed E-state index contributed by atoms with van der Waals surface area (Å²) in [5.74, 6) is 0.199. The smallest absolute Gasteiger partial charge is 0.173 e. The minimum Gasteiger partial charge on any atom is -0.383 e. The fraction of sp³-hybridized carbons (Fsp3) is 0.700. The van der Waals surface area contributed by atoms with Crippen molar-refractivity contribution in [3.63, 3.8) is 0 Å². The Hall–Kier alpha value is -0.870. The van der Waals surface area contributed by atoms with Crippen LogP contribution >= 0.6 is 0 Å². The van der Waals surface area contributed by atoms with Gasteiger partial charge in [0, 0.05) is 32.4 Å². The summed E-state index contributed by atoms with van der Waals surface area (Å²) in [5.41, 5.74) is 0.986. The zero-order valence-corrected chi connectivity index (χ0v) is 8.71. The summed E-state index contributed by atoms with van der Waals surface area (Å²) in [5, 5.41) is 3.14. The van der Waals surface area contributed by atoms with E-state index in [0.717, 1.165) is 18.5 Å². The van der Waals surface area contributed by atoms with Crippen molar-refractivity contribution in [1.29, 1.82) is 0 Å². The molecule has 4 heteroatoms. The van der Waals surface area contributed by atoms with Crippen LogP contribution in [0.15, 0.2) is 11.8 Å². The molecule has 0 aromatic heterocycles. The summed E-state index contributed by atoms with van der Waals surface area (Å²) in [6.07, 6.45) is 3.95. The standard InChI is InChI=1S/C10H17NO3/c1-13-10(14-2)7-11-8-4-3-5-9(12)6-8/h6,10-11H,3-5,7H2,1-2H3. The number of carbonyl (C=O) groups excluding carboxylic acids is 1. The fourth-order valence-electron chi connectivity index (χ4n) is 1.41. The number of methoxy groups -OCH3 is 2. The van der Waals surface area contributed by atoms with Gasteiger partial charge in [-0.25, -0.2) is 0 Å². The van der Waals surface area contributed by atoms with E-state index in [1.165, 1.54) is 0 Å². The van der Waals surface area contributed by atoms with E-state index >= 15 is 0 Å². The van der Waals surface area contributed by atoms with Gasteiger partial charge in [-0.05, 0) is 12.8 Å². The average Bonchev–Trinajstić information content (AvgIpc) is 2.19. The largest absolute Gasteiger partial charge is 0.383 e. The highest BCUT2D eigenvalue weighted by Gasteiger charge is 2.11. The van der Waals surface area contributed by atoms with E-state index in [4.69, 9.17) is 9.47 Å². The van der Waals surface area contributed by atoms with E-state index in [-0.39, 0.29) is 12.1 Å². The minimum atomic E-state index is -0.257. The Morgan fingerprint density at radius 2 is 2.14 bits per heavy atom. The van der Waals surface area contributed by atoms with Gasteiger partial charge in [-0.3, -0.25) is 4.79 Å². The molecule has 0 unspecified atom stereocenters. The zero-order valence-electron chi connectivity index (χ0n) is 8.71. The third kappa shape index (κ3) is 3.47. The van der Waals surface area contributed by atoms with Crippen LogP contribution < -0.4 is 5.32 Å². The predicted octanol–water partition coefficient (Wildman–Crippen LogP) is 0.832. The van der Waals surface area contributed by atoms with E-state index in [1.54, 1.807) is 20.3 Å². The van der Waals surface area contributed by atoms with Gasteiger partial charge in [-0.2, -0.15) is 0 Å². The molecule has 0 heterocycles. The highest BCUT2D eigenvalue weighted by Crippen LogP contribution is 2.12. The summed E-state index contributed by atoms with van der Waals surface area (Å²) >= 11 is 0. The lowest BCUT2D eigenvalue weighted by atomic mass is 10.0. The molecule has 0 aromatic rings. The van der Waals surface area contributed by atoms with Crippen LogP contribution in [0.2, 0.25) is 0 Å². The number of ketones is 1. The van der Waals surface area contributed by atoms with Gasteiger partial charge in [0.15, 0.2) is 12.1 Å². The number of hydrogen-bond acceptors (Lipinski definition) is 4. The van der Waals surface area contributed by atoms with Gasteiger partial charge in [-0.1, -0.05) is 0 Å². The Kier molecular flexibility index (Phi) is 4.62. The molecule has 80 valence electrons. The molecule has 14 heavy (non-hydrogen) atoms. The highest BCUT2D eigenvalue weighted by atomic mass is 16.7. The minimum absolute atomic E-state index is 0.199. The molecule has 0 saturated heterocycles. The first-order chi connectivity index (χ1) is 6.76. The van der Waals surface area contributed by atoms with E-state index in [2.05, 4.69) is 5.32 Å². The number of nitrogens with one attached hydrogen (secondary N) is 1. The molecule has 1 aliphatic rings. The van der Waals surface area contributed by atoms with E-state index in [0.29, 0.717) is 13.0 Å². The third-order valence-electron chi connectivity index (χ3n) is 2.23. The summed E-state index contributed by atoms with van der Waals surface area (Å²) in [6.45, 7) is 0.576. The number of hydrogen-bond donors (Lipinski definition) is 1. The van der Waals surface area contributed by atoms with Gasteiger partial charge in [0.05, 0.1) is 6.54 Å². The van der Waals surface area contributed by atoms with Crippen LogP contribution in [0.3, 0.4) is 0 Å². The molecule has 0 bridgehead atoms. The molecule has 0 atom stereocenters. The summed E-state index contributed by atoms with van der Waals surface area (Å²) in [4.78, 5) is 11.1. The number of carbonyl (C=O) groups is 1. The molecule has 1 aliphatic carbocycles. The lowest BCUT2D eigenvalue weighted by Crippen LogP contribution is -2.30. The first-order valence-corrected chi connectivity index (χ1v) is 4.79. The van der Waals surface area contributed by atoms with Crippen LogP contribution in [-0.2, 0) is 14.3 Å². The van der Waals surface area contributed by atoms with Crippen LogP contribution in [0.5, 0.6) is 0 Å². The van der Waals surface area contributed by atoms with Crippen molar-refractivity contribution in [1.82, 2.24) is 5.32 Å². The first-order valence-electron chi connectivity index (χ1n) is 4.79. The van der Waals surface area contributed by atoms with Gasteiger partial charge in [-0.15, -0.1) is 0 Å². The Labute approximate surface area is 84.3 Å². The van der Waals surface area contributed by atoms with Crippen LogP contribution in [0.1, 0.15) is 19.3 Å². The zero-order chi connectivity index (χ0) is 10.4. The topological polar surface area (TPSA) is 47.6 Å². The molecule has 4 nitrogen and oxygen atoms in total. The van der Waals surface area contributed by atoms with E-state index in [9.17, 15) is 4.79 Å². The Morgan fingerprint density at radius 1 is 1.43 bits per heavy atom. The van der Waals surface area contributed by atoms with Crippen LogP contribution in [0.25, 0.3) is 0 Å². The monoisotopic (exact) mass is 199 g/mol. The molecular weight excluding hydrogens is 182 g/mol. The molecule has 1 N–H and O–H groups in total. The maximum Gasteiger partial charge on any atom is 0.173 e. The van der Waals surface area contributed by atoms with Gasteiger partial charge in [0.2, 0.25) is 0 Å². The molecule has 0 aromatic carbocycles. The molecule has 0 spiro atoms. The maximum atomic E-state index is 11.1. The lowest BCUT2D eigenvalue weighted by Gasteiger charge is -2.18. The second-order valence-electron chi connectivity index (χ2n) is 3.27. The third-order valence-corrected chi connectivity index (χ3v) is 2.23. The predicted molar refractivity (Wildman–Crippen MR) is 52.7 cm³/mol. The normalized spacial score (nSPS) is 17.1. The van der Waals surface area contributed by atoms with Crippen LogP contribution in [0.4, 0.5) is 0 Å². The van der Waals surface area contributed by atoms with Crippen LogP contribution in [0, 0.1) is 0 Å². The quantitative estimate of drug-likeness (QED) is 0.666. The number of ether oxygens (including phenoxy) is 2. The summed E-state index contributed by atoms with van der Waals surface area (Å²) in [7, 11) is 3.19. The van der Waals surface area contributed by atoms with Crippen molar-refractivity contribution in [2.45, 2.75) is 25.6 Å². The van der Waals surface area contributed by atoms with Crippen molar-refractivity contribution < 1.29 is 14.3 Å². The number of rotatable bonds is 5. The van der Waals surface area contributed by atoms with Crippen molar-refractivity contribution in [2.24, 2.45) is 0 Å². The average molecular weight is 199 g/mol. The van der Waals surface area contributed by atoms with Crippen molar-refractivity contribution in [3.05, 3.63) is 11.8 Å². The second kappa shape index (κ2) is 5.78. The molecule has 0 saturated carbocycles. The summed E-state index contributed by atoms with van der Waals surface area (Å²) < 4.78 is 10.0. The lowest BCUT2D eigenvalue weighted by molar-refractivity contribution is -0.115. The Balaban J connectivity index is 2.33. The molecule has 0 aliphatic heterocycles. The SMILES string of the molecule is COC(CNC1=CC(=O)CCC1)OC. The van der Waals surface area contributed by atoms with Crippen LogP contribution in [-0.4, -0.2) is 32.8 Å².